The third kappa shape index (κ3) is 7.54. The number of hydrogen-bond acceptors (Lipinski definition) is 7. The summed E-state index contributed by atoms with van der Waals surface area (Å²) in [6.45, 7) is 17.0. The molecule has 0 spiro atoms. The van der Waals surface area contributed by atoms with Gasteiger partial charge in [-0.25, -0.2) is 9.78 Å². The van der Waals surface area contributed by atoms with E-state index in [2.05, 4.69) is 13.2 Å². The zero-order valence-electron chi connectivity index (χ0n) is 23.0. The zero-order chi connectivity index (χ0) is 27.7. The van der Waals surface area contributed by atoms with Crippen LogP contribution < -0.4 is 14.4 Å². The molecule has 1 aromatic heterocycles. The smallest absolute Gasteiger partial charge is 0.415 e. The van der Waals surface area contributed by atoms with Crippen molar-refractivity contribution in [2.75, 3.05) is 38.4 Å². The molecule has 8 heteroatoms. The summed E-state index contributed by atoms with van der Waals surface area (Å²) in [6.07, 6.45) is 4.67. The van der Waals surface area contributed by atoms with Crippen LogP contribution in [-0.4, -0.2) is 50.2 Å². The van der Waals surface area contributed by atoms with Crippen molar-refractivity contribution in [3.8, 4) is 22.8 Å². The molecule has 1 aromatic carbocycles. The average molecular weight is 523 g/mol. The number of benzene rings is 1. The molecule has 0 aliphatic carbocycles. The molecule has 0 saturated heterocycles. The molecule has 38 heavy (non-hydrogen) atoms. The van der Waals surface area contributed by atoms with E-state index < -0.39 is 11.7 Å². The molecule has 0 saturated carbocycles. The van der Waals surface area contributed by atoms with Crippen LogP contribution in [0.3, 0.4) is 0 Å². The van der Waals surface area contributed by atoms with Crippen molar-refractivity contribution in [2.45, 2.75) is 46.1 Å². The number of carbonyl (C=O) groups excluding carboxylic acids is 1. The van der Waals surface area contributed by atoms with Crippen molar-refractivity contribution >= 4 is 17.5 Å². The van der Waals surface area contributed by atoms with E-state index in [1.165, 1.54) is 0 Å². The number of nitrogens with zero attached hydrogens (tertiary/aromatic N) is 2. The molecule has 0 atom stereocenters. The molecule has 204 valence electrons. The number of allylic oxidation sites excluding steroid dienone is 3. The first-order chi connectivity index (χ1) is 18.2. The van der Waals surface area contributed by atoms with Crippen LogP contribution in [0.25, 0.3) is 17.0 Å². The topological polar surface area (TPSA) is 79.4 Å². The molecule has 0 fully saturated rings. The van der Waals surface area contributed by atoms with Crippen LogP contribution in [0.1, 0.15) is 46.2 Å². The molecule has 2 heterocycles. The predicted octanol–water partition coefficient (Wildman–Crippen LogP) is 6.77. The standard InChI is InChI=1S/C30H38N2O6/c1-8-11-23(9-2)35-17-10-18-36-27-15-13-24(31-28(27)21(3)34-7)22-12-14-26-25(20-22)32(16-19-37-26)29(33)38-30(4,5)6/h8,11-15,20H,1,3,9-10,16-19H2,2,4-7H3/b23-11+. The van der Waals surface area contributed by atoms with E-state index in [1.807, 2.05) is 64.1 Å². The van der Waals surface area contributed by atoms with Gasteiger partial charge in [0.2, 0.25) is 0 Å². The van der Waals surface area contributed by atoms with Crippen LogP contribution in [-0.2, 0) is 14.2 Å². The van der Waals surface area contributed by atoms with Gasteiger partial charge in [-0.2, -0.15) is 0 Å². The molecule has 0 N–H and O–H groups in total. The number of hydrogen-bond donors (Lipinski definition) is 0. The van der Waals surface area contributed by atoms with Crippen LogP contribution in [0.2, 0.25) is 0 Å². The second-order valence-corrected chi connectivity index (χ2v) is 9.61. The van der Waals surface area contributed by atoms with E-state index >= 15 is 0 Å². The first-order valence-electron chi connectivity index (χ1n) is 12.8. The Kier molecular flexibility index (Phi) is 9.82. The molecular formula is C30H38N2O6. The maximum Gasteiger partial charge on any atom is 0.415 e. The first kappa shape index (κ1) is 28.6. The number of ether oxygens (including phenoxy) is 5. The molecule has 1 aliphatic heterocycles. The Morgan fingerprint density at radius 1 is 1.21 bits per heavy atom. The van der Waals surface area contributed by atoms with Gasteiger partial charge in [-0.15, -0.1) is 0 Å². The van der Waals surface area contributed by atoms with E-state index in [-0.39, 0.29) is 0 Å². The Bertz CT molecular complexity index is 1180. The van der Waals surface area contributed by atoms with E-state index in [0.29, 0.717) is 67.1 Å². The number of fused-ring (bicyclic) bond motifs is 1. The van der Waals surface area contributed by atoms with Gasteiger partial charge in [0.15, 0.2) is 0 Å². The number of amides is 1. The minimum Gasteiger partial charge on any atom is -0.498 e. The number of anilines is 1. The molecule has 1 aliphatic rings. The highest BCUT2D eigenvalue weighted by Gasteiger charge is 2.28. The Labute approximate surface area is 225 Å². The van der Waals surface area contributed by atoms with Crippen molar-refractivity contribution in [1.82, 2.24) is 4.98 Å². The van der Waals surface area contributed by atoms with E-state index in [1.54, 1.807) is 18.1 Å². The normalized spacial score (nSPS) is 13.2. The van der Waals surface area contributed by atoms with Gasteiger partial charge in [0, 0.05) is 18.4 Å². The Balaban J connectivity index is 1.80. The SMILES string of the molecule is C=C/C=C(\CC)OCCCOc1ccc(-c2ccc3c(c2)N(C(=O)OC(C)(C)C)CCO3)nc1C(=C)OC. The van der Waals surface area contributed by atoms with Crippen molar-refractivity contribution in [3.63, 3.8) is 0 Å². The molecule has 1 amide bonds. The fourth-order valence-electron chi connectivity index (χ4n) is 3.75. The van der Waals surface area contributed by atoms with Crippen LogP contribution in [0.15, 0.2) is 61.4 Å². The van der Waals surface area contributed by atoms with Gasteiger partial charge in [0.25, 0.3) is 0 Å². The number of rotatable bonds is 11. The fourth-order valence-corrected chi connectivity index (χ4v) is 3.75. The van der Waals surface area contributed by atoms with Crippen LogP contribution in [0.5, 0.6) is 11.5 Å². The van der Waals surface area contributed by atoms with Gasteiger partial charge in [0.05, 0.1) is 44.0 Å². The van der Waals surface area contributed by atoms with Gasteiger partial charge < -0.3 is 23.7 Å². The number of aromatic nitrogens is 1. The lowest BCUT2D eigenvalue weighted by Crippen LogP contribution is -2.41. The third-order valence-electron chi connectivity index (χ3n) is 5.59. The number of carbonyl (C=O) groups is 1. The first-order valence-corrected chi connectivity index (χ1v) is 12.8. The lowest BCUT2D eigenvalue weighted by molar-refractivity contribution is 0.0568. The van der Waals surface area contributed by atoms with Gasteiger partial charge in [-0.05, 0) is 57.2 Å². The number of methoxy groups -OCH3 is 1. The Morgan fingerprint density at radius 3 is 2.68 bits per heavy atom. The minimum atomic E-state index is -0.604. The molecule has 8 nitrogen and oxygen atoms in total. The number of pyridine rings is 1. The largest absolute Gasteiger partial charge is 0.498 e. The Morgan fingerprint density at radius 2 is 2.00 bits per heavy atom. The summed E-state index contributed by atoms with van der Waals surface area (Å²) in [6, 6.07) is 9.32. The highest BCUT2D eigenvalue weighted by atomic mass is 16.6. The average Bonchev–Trinajstić information content (AvgIpc) is 2.90. The maximum absolute atomic E-state index is 12.9. The van der Waals surface area contributed by atoms with Gasteiger partial charge in [-0.1, -0.05) is 26.2 Å². The molecule has 0 unspecified atom stereocenters. The second-order valence-electron chi connectivity index (χ2n) is 9.61. The summed E-state index contributed by atoms with van der Waals surface area (Å²) in [5.74, 6) is 2.45. The van der Waals surface area contributed by atoms with Crippen molar-refractivity contribution in [2.24, 2.45) is 0 Å². The van der Waals surface area contributed by atoms with Crippen LogP contribution in [0.4, 0.5) is 10.5 Å². The summed E-state index contributed by atoms with van der Waals surface area (Å²) in [4.78, 5) is 19.2. The second kappa shape index (κ2) is 13.0. The van der Waals surface area contributed by atoms with Crippen LogP contribution >= 0.6 is 0 Å². The molecule has 3 rings (SSSR count). The summed E-state index contributed by atoms with van der Waals surface area (Å²) in [7, 11) is 1.54. The van der Waals surface area contributed by atoms with Gasteiger partial charge in [-0.3, -0.25) is 4.90 Å². The van der Waals surface area contributed by atoms with E-state index in [0.717, 1.165) is 17.7 Å². The van der Waals surface area contributed by atoms with E-state index in [9.17, 15) is 4.79 Å². The van der Waals surface area contributed by atoms with Crippen molar-refractivity contribution < 1.29 is 28.5 Å². The van der Waals surface area contributed by atoms with Gasteiger partial charge >= 0.3 is 6.09 Å². The predicted molar refractivity (Wildman–Crippen MR) is 149 cm³/mol. The zero-order valence-corrected chi connectivity index (χ0v) is 23.0. The highest BCUT2D eigenvalue weighted by molar-refractivity contribution is 5.91. The summed E-state index contributed by atoms with van der Waals surface area (Å²) < 4.78 is 28.5. The summed E-state index contributed by atoms with van der Waals surface area (Å²) in [5.41, 5.74) is 2.01. The Hall–Kier alpha value is -3.94. The fraction of sp³-hybridized carbons (Fsp3) is 0.400. The molecular weight excluding hydrogens is 484 g/mol. The maximum atomic E-state index is 12.9. The third-order valence-corrected chi connectivity index (χ3v) is 5.59. The molecule has 0 radical (unpaired) electrons. The summed E-state index contributed by atoms with van der Waals surface area (Å²) in [5, 5.41) is 0. The van der Waals surface area contributed by atoms with Crippen LogP contribution in [0, 0.1) is 0 Å². The monoisotopic (exact) mass is 522 g/mol. The highest BCUT2D eigenvalue weighted by Crippen LogP contribution is 2.37. The van der Waals surface area contributed by atoms with Crippen molar-refractivity contribution in [1.29, 1.82) is 0 Å². The quantitative estimate of drug-likeness (QED) is 0.183. The van der Waals surface area contributed by atoms with Gasteiger partial charge in [0.1, 0.15) is 35.2 Å². The van der Waals surface area contributed by atoms with Crippen molar-refractivity contribution in [3.05, 3.63) is 67.1 Å². The minimum absolute atomic E-state index is 0.386. The molecule has 0 bridgehead atoms. The molecule has 2 aromatic rings. The van der Waals surface area contributed by atoms with E-state index in [4.69, 9.17) is 28.7 Å². The lowest BCUT2D eigenvalue weighted by Gasteiger charge is -2.31. The summed E-state index contributed by atoms with van der Waals surface area (Å²) >= 11 is 0. The lowest BCUT2D eigenvalue weighted by atomic mass is 10.1.